The van der Waals surface area contributed by atoms with E-state index < -0.39 is 0 Å². The standard InChI is InChI=1S/C18H21N5O/c1-13-21-16-7-9-20-17(16)18(22-13)23-10-4-6-15(11-23)24-12-14-5-2-3-8-19-14/h2-3,5,7-9,15,20H,4,6,10-12H2,1H3. The van der Waals surface area contributed by atoms with Crippen molar-refractivity contribution in [2.24, 2.45) is 0 Å². The number of nitrogens with zero attached hydrogens (tertiary/aromatic N) is 4. The van der Waals surface area contributed by atoms with Crippen LogP contribution in [0.4, 0.5) is 5.82 Å². The van der Waals surface area contributed by atoms with E-state index in [4.69, 9.17) is 4.74 Å². The summed E-state index contributed by atoms with van der Waals surface area (Å²) in [5, 5.41) is 0. The molecule has 1 fully saturated rings. The van der Waals surface area contributed by atoms with Gasteiger partial charge < -0.3 is 14.6 Å². The number of rotatable bonds is 4. The predicted octanol–water partition coefficient (Wildman–Crippen LogP) is 2.85. The van der Waals surface area contributed by atoms with Gasteiger partial charge in [-0.1, -0.05) is 6.07 Å². The molecule has 1 saturated heterocycles. The van der Waals surface area contributed by atoms with Crippen LogP contribution in [0.5, 0.6) is 0 Å². The van der Waals surface area contributed by atoms with Crippen LogP contribution in [0.25, 0.3) is 11.0 Å². The molecule has 4 rings (SSSR count). The van der Waals surface area contributed by atoms with Crippen LogP contribution in [0.3, 0.4) is 0 Å². The molecule has 3 aromatic rings. The minimum atomic E-state index is 0.195. The molecule has 6 heteroatoms. The van der Waals surface area contributed by atoms with E-state index in [1.54, 1.807) is 6.20 Å². The molecule has 0 aromatic carbocycles. The van der Waals surface area contributed by atoms with Crippen LogP contribution in [0, 0.1) is 6.92 Å². The lowest BCUT2D eigenvalue weighted by molar-refractivity contribution is 0.0297. The van der Waals surface area contributed by atoms with Gasteiger partial charge in [-0.25, -0.2) is 9.97 Å². The average Bonchev–Trinajstić information content (AvgIpc) is 3.08. The number of hydrogen-bond acceptors (Lipinski definition) is 5. The molecule has 124 valence electrons. The van der Waals surface area contributed by atoms with Crippen LogP contribution in [-0.2, 0) is 11.3 Å². The number of aryl methyl sites for hydroxylation is 1. The van der Waals surface area contributed by atoms with E-state index in [-0.39, 0.29) is 6.10 Å². The topological polar surface area (TPSA) is 66.9 Å². The second kappa shape index (κ2) is 6.57. The Morgan fingerprint density at radius 2 is 2.25 bits per heavy atom. The van der Waals surface area contributed by atoms with Gasteiger partial charge in [0.25, 0.3) is 0 Å². The number of H-pyrrole nitrogens is 1. The van der Waals surface area contributed by atoms with Crippen molar-refractivity contribution in [1.82, 2.24) is 19.9 Å². The maximum absolute atomic E-state index is 6.09. The summed E-state index contributed by atoms with van der Waals surface area (Å²) < 4.78 is 6.09. The van der Waals surface area contributed by atoms with E-state index in [1.807, 2.05) is 37.4 Å². The number of piperidine rings is 1. The van der Waals surface area contributed by atoms with Crippen LogP contribution < -0.4 is 4.90 Å². The minimum Gasteiger partial charge on any atom is -0.370 e. The van der Waals surface area contributed by atoms with Gasteiger partial charge in [0, 0.05) is 25.5 Å². The first-order valence-corrected chi connectivity index (χ1v) is 8.38. The van der Waals surface area contributed by atoms with Gasteiger partial charge in [0.2, 0.25) is 0 Å². The van der Waals surface area contributed by atoms with Gasteiger partial charge in [0.1, 0.15) is 11.3 Å². The molecule has 0 saturated carbocycles. The quantitative estimate of drug-likeness (QED) is 0.799. The lowest BCUT2D eigenvalue weighted by Crippen LogP contribution is -2.40. The Labute approximate surface area is 140 Å². The van der Waals surface area contributed by atoms with Crippen LogP contribution in [0.15, 0.2) is 36.7 Å². The first-order valence-electron chi connectivity index (χ1n) is 8.38. The Kier molecular flexibility index (Phi) is 4.13. The monoisotopic (exact) mass is 323 g/mol. The molecule has 1 N–H and O–H groups in total. The SMILES string of the molecule is Cc1nc(N2CCCC(OCc3ccccn3)C2)c2[nH]ccc2n1. The molecule has 0 spiro atoms. The van der Waals surface area contributed by atoms with Crippen LogP contribution in [-0.4, -0.2) is 39.1 Å². The van der Waals surface area contributed by atoms with Crippen LogP contribution in [0.1, 0.15) is 24.4 Å². The van der Waals surface area contributed by atoms with E-state index >= 15 is 0 Å². The van der Waals surface area contributed by atoms with Crippen molar-refractivity contribution >= 4 is 16.9 Å². The fraction of sp³-hybridized carbons (Fsp3) is 0.389. The van der Waals surface area contributed by atoms with E-state index in [0.29, 0.717) is 6.61 Å². The van der Waals surface area contributed by atoms with E-state index in [1.165, 1.54) is 0 Å². The summed E-state index contributed by atoms with van der Waals surface area (Å²) >= 11 is 0. The predicted molar refractivity (Wildman–Crippen MR) is 92.9 cm³/mol. The molecule has 4 heterocycles. The van der Waals surface area contributed by atoms with Crippen molar-refractivity contribution in [3.63, 3.8) is 0 Å². The van der Waals surface area contributed by atoms with Crippen molar-refractivity contribution in [1.29, 1.82) is 0 Å². The summed E-state index contributed by atoms with van der Waals surface area (Å²) in [7, 11) is 0. The fourth-order valence-electron chi connectivity index (χ4n) is 3.22. The molecule has 1 aliphatic heterocycles. The number of hydrogen-bond donors (Lipinski definition) is 1. The number of nitrogens with one attached hydrogen (secondary N) is 1. The summed E-state index contributed by atoms with van der Waals surface area (Å²) in [4.78, 5) is 19.0. The average molecular weight is 323 g/mol. The van der Waals surface area contributed by atoms with Crippen molar-refractivity contribution in [3.8, 4) is 0 Å². The number of aromatic nitrogens is 4. The number of aromatic amines is 1. The Morgan fingerprint density at radius 3 is 3.12 bits per heavy atom. The molecule has 3 aromatic heterocycles. The third kappa shape index (κ3) is 3.10. The fourth-order valence-corrected chi connectivity index (χ4v) is 3.22. The second-order valence-electron chi connectivity index (χ2n) is 6.17. The van der Waals surface area contributed by atoms with Crippen molar-refractivity contribution in [3.05, 3.63) is 48.2 Å². The van der Waals surface area contributed by atoms with E-state index in [0.717, 1.165) is 54.3 Å². The maximum atomic E-state index is 6.09. The first kappa shape index (κ1) is 15.1. The van der Waals surface area contributed by atoms with Crippen LogP contribution >= 0.6 is 0 Å². The lowest BCUT2D eigenvalue weighted by Gasteiger charge is -2.33. The molecule has 0 amide bonds. The molecular weight excluding hydrogens is 302 g/mol. The lowest BCUT2D eigenvalue weighted by atomic mass is 10.1. The summed E-state index contributed by atoms with van der Waals surface area (Å²) in [6.07, 6.45) is 6.08. The molecule has 0 aliphatic carbocycles. The molecule has 1 unspecified atom stereocenters. The summed E-state index contributed by atoms with van der Waals surface area (Å²) in [6, 6.07) is 7.90. The second-order valence-corrected chi connectivity index (χ2v) is 6.17. The van der Waals surface area contributed by atoms with Crippen LogP contribution in [0.2, 0.25) is 0 Å². The smallest absolute Gasteiger partial charge is 0.156 e. The van der Waals surface area contributed by atoms with Gasteiger partial charge in [-0.15, -0.1) is 0 Å². The number of pyridine rings is 1. The molecule has 0 bridgehead atoms. The molecule has 6 nitrogen and oxygen atoms in total. The largest absolute Gasteiger partial charge is 0.370 e. The zero-order chi connectivity index (χ0) is 16.4. The molecule has 0 radical (unpaired) electrons. The molecule has 1 aliphatic rings. The van der Waals surface area contributed by atoms with Gasteiger partial charge >= 0.3 is 0 Å². The molecule has 1 atom stereocenters. The van der Waals surface area contributed by atoms with Crippen molar-refractivity contribution in [2.75, 3.05) is 18.0 Å². The van der Waals surface area contributed by atoms with E-state index in [2.05, 4.69) is 24.8 Å². The van der Waals surface area contributed by atoms with Gasteiger partial charge in [-0.05, 0) is 38.0 Å². The number of fused-ring (bicyclic) bond motifs is 1. The minimum absolute atomic E-state index is 0.195. The summed E-state index contributed by atoms with van der Waals surface area (Å²) in [5.74, 6) is 1.78. The molecule has 24 heavy (non-hydrogen) atoms. The van der Waals surface area contributed by atoms with Gasteiger partial charge in [-0.3, -0.25) is 4.98 Å². The van der Waals surface area contributed by atoms with Gasteiger partial charge in [0.15, 0.2) is 5.82 Å². The zero-order valence-electron chi connectivity index (χ0n) is 13.8. The highest BCUT2D eigenvalue weighted by Gasteiger charge is 2.24. The van der Waals surface area contributed by atoms with Gasteiger partial charge in [0.05, 0.1) is 23.9 Å². The number of anilines is 1. The zero-order valence-corrected chi connectivity index (χ0v) is 13.8. The highest BCUT2D eigenvalue weighted by atomic mass is 16.5. The summed E-state index contributed by atoms with van der Waals surface area (Å²) in [5.41, 5.74) is 2.94. The van der Waals surface area contributed by atoms with E-state index in [9.17, 15) is 0 Å². The Balaban J connectivity index is 1.49. The van der Waals surface area contributed by atoms with Crippen molar-refractivity contribution in [2.45, 2.75) is 32.5 Å². The highest BCUT2D eigenvalue weighted by Crippen LogP contribution is 2.26. The highest BCUT2D eigenvalue weighted by molar-refractivity contribution is 5.86. The first-order chi connectivity index (χ1) is 11.8. The normalized spacial score (nSPS) is 18.2. The third-order valence-electron chi connectivity index (χ3n) is 4.37. The Morgan fingerprint density at radius 1 is 1.29 bits per heavy atom. The van der Waals surface area contributed by atoms with Crippen molar-refractivity contribution < 1.29 is 4.74 Å². The summed E-state index contributed by atoms with van der Waals surface area (Å²) in [6.45, 7) is 4.33. The molecular formula is C18H21N5O. The Bertz CT molecular complexity index is 817. The third-order valence-corrected chi connectivity index (χ3v) is 4.37. The van der Waals surface area contributed by atoms with Gasteiger partial charge in [-0.2, -0.15) is 0 Å². The maximum Gasteiger partial charge on any atom is 0.156 e. The Hall–Kier alpha value is -2.47. The number of ether oxygens (including phenoxy) is 1.